The van der Waals surface area contributed by atoms with Crippen molar-refractivity contribution in [2.75, 3.05) is 0 Å². The Morgan fingerprint density at radius 1 is 1.31 bits per heavy atom. The molecule has 0 bridgehead atoms. The Morgan fingerprint density at radius 3 is 2.31 bits per heavy atom. The molecule has 1 aromatic rings. The summed E-state index contributed by atoms with van der Waals surface area (Å²) in [6.45, 7) is 0. The number of halogens is 2. The molecule has 70 valence electrons. The van der Waals surface area contributed by atoms with Gasteiger partial charge in [-0.1, -0.05) is 23.2 Å². The molecule has 3 N–H and O–H groups in total. The third-order valence-electron chi connectivity index (χ3n) is 1.11. The second-order valence-corrected chi connectivity index (χ2v) is 4.37. The van der Waals surface area contributed by atoms with Crippen LogP contribution in [0, 0.1) is 0 Å². The maximum absolute atomic E-state index is 5.78. The molecule has 0 fully saturated rings. The highest BCUT2D eigenvalue weighted by Crippen LogP contribution is 2.24. The average Bonchev–Trinajstić information content (AvgIpc) is 1.99. The summed E-state index contributed by atoms with van der Waals surface area (Å²) in [6, 6.07) is 5.20. The molecule has 0 heterocycles. The van der Waals surface area contributed by atoms with Crippen LogP contribution < -0.4 is 10.5 Å². The van der Waals surface area contributed by atoms with Gasteiger partial charge in [0.2, 0.25) is 0 Å². The average molecular weight is 253 g/mol. The van der Waals surface area contributed by atoms with Gasteiger partial charge in [-0.3, -0.25) is 0 Å². The van der Waals surface area contributed by atoms with Crippen LogP contribution in [0.25, 0.3) is 0 Å². The summed E-state index contributed by atoms with van der Waals surface area (Å²) in [4.78, 5) is 0.866. The first-order valence-corrected chi connectivity index (χ1v) is 5.24. The number of hydrogen-bond acceptors (Lipinski definition) is 2. The van der Waals surface area contributed by atoms with Gasteiger partial charge in [0.25, 0.3) is 0 Å². The zero-order valence-electron chi connectivity index (χ0n) is 6.38. The molecule has 0 aliphatic carbocycles. The topological polar surface area (TPSA) is 38.0 Å². The summed E-state index contributed by atoms with van der Waals surface area (Å²) in [5, 5.41) is 1.39. The van der Waals surface area contributed by atoms with Gasteiger partial charge in [-0.2, -0.15) is 0 Å². The van der Waals surface area contributed by atoms with E-state index in [-0.39, 0.29) is 5.11 Å². The highest BCUT2D eigenvalue weighted by Gasteiger charge is 1.98. The van der Waals surface area contributed by atoms with Crippen molar-refractivity contribution in [1.82, 2.24) is 4.72 Å². The first-order chi connectivity index (χ1) is 6.08. The minimum Gasteiger partial charge on any atom is -0.376 e. The van der Waals surface area contributed by atoms with Gasteiger partial charge in [0.05, 0.1) is 0 Å². The number of nitrogens with two attached hydrogens (primary N) is 1. The Balaban J connectivity index is 2.71. The van der Waals surface area contributed by atoms with E-state index < -0.39 is 0 Å². The molecule has 0 unspecified atom stereocenters. The second-order valence-electron chi connectivity index (χ2n) is 2.17. The van der Waals surface area contributed by atoms with Crippen molar-refractivity contribution in [3.63, 3.8) is 0 Å². The number of rotatable bonds is 2. The molecule has 1 rings (SSSR count). The molecule has 0 amide bonds. The summed E-state index contributed by atoms with van der Waals surface area (Å²) in [5.41, 5.74) is 5.25. The van der Waals surface area contributed by atoms with Crippen LogP contribution in [0.2, 0.25) is 10.0 Å². The summed E-state index contributed by atoms with van der Waals surface area (Å²) in [5.74, 6) is 0. The lowest BCUT2D eigenvalue weighted by Gasteiger charge is -2.03. The van der Waals surface area contributed by atoms with Crippen LogP contribution in [0.3, 0.4) is 0 Å². The van der Waals surface area contributed by atoms with Crippen molar-refractivity contribution in [3.05, 3.63) is 28.2 Å². The normalized spacial score (nSPS) is 9.69. The third kappa shape index (κ3) is 4.04. The molecule has 0 saturated carbocycles. The van der Waals surface area contributed by atoms with Crippen LogP contribution in [-0.2, 0) is 0 Å². The number of hydrogen-bond donors (Lipinski definition) is 2. The van der Waals surface area contributed by atoms with Gasteiger partial charge < -0.3 is 10.5 Å². The molecular weight excluding hydrogens is 247 g/mol. The van der Waals surface area contributed by atoms with E-state index in [1.807, 2.05) is 0 Å². The minimum atomic E-state index is 0.223. The van der Waals surface area contributed by atoms with E-state index in [0.29, 0.717) is 10.0 Å². The number of thiocarbonyl (C=S) groups is 1. The minimum absolute atomic E-state index is 0.223. The SMILES string of the molecule is NC(=S)NSc1cc(Cl)cc(Cl)c1. The van der Waals surface area contributed by atoms with Gasteiger partial charge in [-0.25, -0.2) is 0 Å². The Morgan fingerprint density at radius 2 is 1.85 bits per heavy atom. The molecule has 6 heteroatoms. The lowest BCUT2D eigenvalue weighted by atomic mass is 10.4. The van der Waals surface area contributed by atoms with Crippen LogP contribution in [-0.4, -0.2) is 5.11 Å². The Bertz CT molecular complexity index is 310. The van der Waals surface area contributed by atoms with E-state index in [0.717, 1.165) is 4.90 Å². The fourth-order valence-electron chi connectivity index (χ4n) is 0.697. The third-order valence-corrected chi connectivity index (χ3v) is 2.57. The maximum atomic E-state index is 5.78. The molecule has 0 aliphatic rings. The summed E-state index contributed by atoms with van der Waals surface area (Å²) < 4.78 is 2.72. The Kier molecular flexibility index (Phi) is 4.12. The second kappa shape index (κ2) is 4.91. The number of nitrogens with one attached hydrogen (secondary N) is 1. The van der Waals surface area contributed by atoms with Crippen LogP contribution >= 0.6 is 47.4 Å². The van der Waals surface area contributed by atoms with Crippen molar-refractivity contribution in [3.8, 4) is 0 Å². The van der Waals surface area contributed by atoms with E-state index in [4.69, 9.17) is 28.9 Å². The van der Waals surface area contributed by atoms with Gasteiger partial charge in [0.15, 0.2) is 5.11 Å². The van der Waals surface area contributed by atoms with Gasteiger partial charge in [0.1, 0.15) is 0 Å². The van der Waals surface area contributed by atoms with E-state index in [9.17, 15) is 0 Å². The molecule has 0 aliphatic heterocycles. The molecule has 0 atom stereocenters. The van der Waals surface area contributed by atoms with Crippen molar-refractivity contribution in [2.45, 2.75) is 4.90 Å². The standard InChI is InChI=1S/C7H6Cl2N2S2/c8-4-1-5(9)3-6(2-4)13-11-7(10)12/h1-3H,(H3,10,11,12). The van der Waals surface area contributed by atoms with Gasteiger partial charge in [-0.15, -0.1) is 0 Å². The molecule has 0 saturated heterocycles. The van der Waals surface area contributed by atoms with E-state index in [2.05, 4.69) is 16.9 Å². The summed E-state index contributed by atoms with van der Waals surface area (Å²) >= 11 is 17.5. The van der Waals surface area contributed by atoms with Crippen molar-refractivity contribution in [1.29, 1.82) is 0 Å². The quantitative estimate of drug-likeness (QED) is 0.628. The van der Waals surface area contributed by atoms with Gasteiger partial charge in [0, 0.05) is 14.9 Å². The largest absolute Gasteiger partial charge is 0.376 e. The van der Waals surface area contributed by atoms with E-state index in [1.54, 1.807) is 18.2 Å². The molecule has 0 radical (unpaired) electrons. The molecular formula is C7H6Cl2N2S2. The predicted molar refractivity (Wildman–Crippen MR) is 62.2 cm³/mol. The highest BCUT2D eigenvalue weighted by atomic mass is 35.5. The fraction of sp³-hybridized carbons (Fsp3) is 0. The smallest absolute Gasteiger partial charge is 0.173 e. The Labute approximate surface area is 95.9 Å². The first kappa shape index (κ1) is 10.9. The fourth-order valence-corrected chi connectivity index (χ4v) is 2.07. The maximum Gasteiger partial charge on any atom is 0.173 e. The zero-order chi connectivity index (χ0) is 9.84. The van der Waals surface area contributed by atoms with Crippen LogP contribution in [0.1, 0.15) is 0 Å². The summed E-state index contributed by atoms with van der Waals surface area (Å²) in [6.07, 6.45) is 0. The van der Waals surface area contributed by atoms with Crippen molar-refractivity contribution in [2.24, 2.45) is 5.73 Å². The van der Waals surface area contributed by atoms with E-state index >= 15 is 0 Å². The number of benzene rings is 1. The molecule has 0 spiro atoms. The van der Waals surface area contributed by atoms with Gasteiger partial charge in [-0.05, 0) is 42.4 Å². The summed E-state index contributed by atoms with van der Waals surface area (Å²) in [7, 11) is 0. The molecule has 0 aromatic heterocycles. The van der Waals surface area contributed by atoms with Gasteiger partial charge >= 0.3 is 0 Å². The monoisotopic (exact) mass is 252 g/mol. The first-order valence-electron chi connectivity index (χ1n) is 3.26. The van der Waals surface area contributed by atoms with Crippen LogP contribution in [0.15, 0.2) is 23.1 Å². The molecule has 1 aromatic carbocycles. The highest BCUT2D eigenvalue weighted by molar-refractivity contribution is 7.99. The lowest BCUT2D eigenvalue weighted by Crippen LogP contribution is -2.22. The van der Waals surface area contributed by atoms with Crippen molar-refractivity contribution >= 4 is 52.5 Å². The zero-order valence-corrected chi connectivity index (χ0v) is 9.53. The molecule has 13 heavy (non-hydrogen) atoms. The lowest BCUT2D eigenvalue weighted by molar-refractivity contribution is 1.41. The van der Waals surface area contributed by atoms with Crippen molar-refractivity contribution < 1.29 is 0 Å². The van der Waals surface area contributed by atoms with E-state index in [1.165, 1.54) is 11.9 Å². The van der Waals surface area contributed by atoms with Crippen LogP contribution in [0.4, 0.5) is 0 Å². The Hall–Kier alpha value is -0.160. The molecule has 2 nitrogen and oxygen atoms in total. The van der Waals surface area contributed by atoms with Crippen LogP contribution in [0.5, 0.6) is 0 Å². The predicted octanol–water partition coefficient (Wildman–Crippen LogP) is 2.83.